The molecule has 0 atom stereocenters. The second kappa shape index (κ2) is 7.43. The van der Waals surface area contributed by atoms with E-state index in [-0.39, 0.29) is 18.0 Å². The van der Waals surface area contributed by atoms with Gasteiger partial charge in [0.05, 0.1) is 4.90 Å². The number of alkyl carbamates (subject to hydrolysis) is 1. The quantitative estimate of drug-likeness (QED) is 0.754. The Balaban J connectivity index is 2.52. The summed E-state index contributed by atoms with van der Waals surface area (Å²) in [6.45, 7) is 7.29. The van der Waals surface area contributed by atoms with Crippen LogP contribution in [0.3, 0.4) is 0 Å². The molecular formula is C14H21BrN2O4S. The fourth-order valence-corrected chi connectivity index (χ4v) is 3.53. The summed E-state index contributed by atoms with van der Waals surface area (Å²) < 4.78 is 32.4. The molecule has 6 nitrogen and oxygen atoms in total. The summed E-state index contributed by atoms with van der Waals surface area (Å²) in [5.74, 6) is 0. The Kier molecular flexibility index (Phi) is 6.39. The monoisotopic (exact) mass is 392 g/mol. The highest BCUT2D eigenvalue weighted by Crippen LogP contribution is 2.18. The molecule has 0 fully saturated rings. The number of benzene rings is 1. The molecule has 0 radical (unpaired) electrons. The summed E-state index contributed by atoms with van der Waals surface area (Å²) in [4.78, 5) is 11.6. The van der Waals surface area contributed by atoms with Gasteiger partial charge < -0.3 is 10.1 Å². The third-order valence-electron chi connectivity index (χ3n) is 2.41. The van der Waals surface area contributed by atoms with E-state index >= 15 is 0 Å². The number of hydrogen-bond acceptors (Lipinski definition) is 4. The summed E-state index contributed by atoms with van der Waals surface area (Å²) in [5.41, 5.74) is 0.249. The highest BCUT2D eigenvalue weighted by Gasteiger charge is 2.17. The number of halogens is 1. The highest BCUT2D eigenvalue weighted by atomic mass is 79.9. The van der Waals surface area contributed by atoms with Crippen LogP contribution in [0.5, 0.6) is 0 Å². The van der Waals surface area contributed by atoms with Gasteiger partial charge in [0.2, 0.25) is 10.0 Å². The lowest BCUT2D eigenvalue weighted by Crippen LogP contribution is -2.37. The number of sulfonamides is 1. The third kappa shape index (κ3) is 6.76. The van der Waals surface area contributed by atoms with Crippen molar-refractivity contribution < 1.29 is 17.9 Å². The molecule has 0 heterocycles. The molecule has 8 heteroatoms. The summed E-state index contributed by atoms with van der Waals surface area (Å²) in [6, 6.07) is 4.92. The number of carbonyl (C=O) groups is 1. The minimum Gasteiger partial charge on any atom is -0.444 e. The zero-order chi connectivity index (χ0) is 17.0. The van der Waals surface area contributed by atoms with Crippen molar-refractivity contribution in [2.24, 2.45) is 0 Å². The van der Waals surface area contributed by atoms with Crippen molar-refractivity contribution in [2.45, 2.75) is 38.2 Å². The summed E-state index contributed by atoms with van der Waals surface area (Å²) in [7, 11) is -3.61. The van der Waals surface area contributed by atoms with Gasteiger partial charge in [-0.05, 0) is 51.5 Å². The van der Waals surface area contributed by atoms with Gasteiger partial charge in [-0.3, -0.25) is 0 Å². The van der Waals surface area contributed by atoms with E-state index in [0.29, 0.717) is 4.47 Å². The van der Waals surface area contributed by atoms with Crippen LogP contribution in [0.2, 0.25) is 0 Å². The van der Waals surface area contributed by atoms with E-state index in [0.717, 1.165) is 5.56 Å². The average Bonchev–Trinajstić information content (AvgIpc) is 2.31. The van der Waals surface area contributed by atoms with Crippen molar-refractivity contribution in [3.8, 4) is 0 Å². The number of carbonyl (C=O) groups excluding carboxylic acids is 1. The van der Waals surface area contributed by atoms with Crippen LogP contribution in [-0.4, -0.2) is 33.2 Å². The Morgan fingerprint density at radius 2 is 1.86 bits per heavy atom. The molecule has 0 bridgehead atoms. The van der Waals surface area contributed by atoms with Crippen LogP contribution in [0, 0.1) is 6.92 Å². The van der Waals surface area contributed by atoms with Gasteiger partial charge in [-0.25, -0.2) is 17.9 Å². The van der Waals surface area contributed by atoms with Gasteiger partial charge in [0.15, 0.2) is 0 Å². The number of amides is 1. The molecule has 2 N–H and O–H groups in total. The summed E-state index contributed by atoms with van der Waals surface area (Å²) in [5, 5.41) is 2.49. The van der Waals surface area contributed by atoms with Crippen molar-refractivity contribution in [1.29, 1.82) is 0 Å². The second-order valence-electron chi connectivity index (χ2n) is 5.79. The molecule has 0 saturated heterocycles. The highest BCUT2D eigenvalue weighted by molar-refractivity contribution is 9.10. The van der Waals surface area contributed by atoms with Crippen LogP contribution in [0.25, 0.3) is 0 Å². The summed E-state index contributed by atoms with van der Waals surface area (Å²) in [6.07, 6.45) is -0.579. The minimum absolute atomic E-state index is 0.0765. The largest absolute Gasteiger partial charge is 0.444 e. The van der Waals surface area contributed by atoms with Crippen molar-refractivity contribution >= 4 is 32.0 Å². The molecule has 0 aromatic heterocycles. The Labute approximate surface area is 139 Å². The van der Waals surface area contributed by atoms with Crippen molar-refractivity contribution in [3.63, 3.8) is 0 Å². The van der Waals surface area contributed by atoms with Crippen molar-refractivity contribution in [3.05, 3.63) is 28.2 Å². The third-order valence-corrected chi connectivity index (χ3v) is 4.31. The first-order valence-corrected chi connectivity index (χ1v) is 9.01. The van der Waals surface area contributed by atoms with Gasteiger partial charge in [-0.2, -0.15) is 0 Å². The van der Waals surface area contributed by atoms with Crippen LogP contribution < -0.4 is 10.0 Å². The first-order valence-electron chi connectivity index (χ1n) is 6.73. The van der Waals surface area contributed by atoms with Gasteiger partial charge in [-0.15, -0.1) is 0 Å². The van der Waals surface area contributed by atoms with E-state index in [9.17, 15) is 13.2 Å². The van der Waals surface area contributed by atoms with E-state index < -0.39 is 21.7 Å². The Hall–Kier alpha value is -1.12. The zero-order valence-corrected chi connectivity index (χ0v) is 15.5. The molecule has 1 amide bonds. The molecule has 0 unspecified atom stereocenters. The standard InChI is InChI=1S/C14H21BrN2O4S/c1-10-7-11(15)9-12(8-10)22(19,20)17-6-5-16-13(18)21-14(2,3)4/h7-9,17H,5-6H2,1-4H3,(H,16,18). The summed E-state index contributed by atoms with van der Waals surface area (Å²) >= 11 is 3.27. The molecule has 0 saturated carbocycles. The molecule has 0 aliphatic rings. The maximum absolute atomic E-state index is 12.1. The van der Waals surface area contributed by atoms with Gasteiger partial charge in [0.1, 0.15) is 5.60 Å². The lowest BCUT2D eigenvalue weighted by molar-refractivity contribution is 0.0529. The smallest absolute Gasteiger partial charge is 0.407 e. The average molecular weight is 393 g/mol. The lowest BCUT2D eigenvalue weighted by atomic mass is 10.2. The zero-order valence-electron chi connectivity index (χ0n) is 13.1. The normalized spacial score (nSPS) is 12.0. The topological polar surface area (TPSA) is 84.5 Å². The Bertz CT molecular complexity index is 618. The minimum atomic E-state index is -3.61. The fraction of sp³-hybridized carbons (Fsp3) is 0.500. The Morgan fingerprint density at radius 1 is 1.23 bits per heavy atom. The first-order chi connectivity index (χ1) is 9.99. The number of rotatable bonds is 5. The molecular weight excluding hydrogens is 372 g/mol. The first kappa shape index (κ1) is 18.9. The molecule has 124 valence electrons. The fourth-order valence-electron chi connectivity index (χ4n) is 1.61. The molecule has 0 aliphatic carbocycles. The second-order valence-corrected chi connectivity index (χ2v) is 8.47. The molecule has 1 rings (SSSR count). The van der Waals surface area contributed by atoms with E-state index in [1.807, 2.05) is 13.0 Å². The van der Waals surface area contributed by atoms with Crippen LogP contribution in [0.15, 0.2) is 27.6 Å². The van der Waals surface area contributed by atoms with E-state index in [1.54, 1.807) is 26.8 Å². The van der Waals surface area contributed by atoms with E-state index in [2.05, 4.69) is 26.0 Å². The molecule has 1 aromatic carbocycles. The predicted molar refractivity (Wildman–Crippen MR) is 88.3 cm³/mol. The lowest BCUT2D eigenvalue weighted by Gasteiger charge is -2.19. The van der Waals surface area contributed by atoms with Gasteiger partial charge >= 0.3 is 6.09 Å². The number of ether oxygens (including phenoxy) is 1. The number of nitrogens with one attached hydrogen (secondary N) is 2. The van der Waals surface area contributed by atoms with E-state index in [4.69, 9.17) is 4.74 Å². The van der Waals surface area contributed by atoms with Crippen LogP contribution in [0.1, 0.15) is 26.3 Å². The van der Waals surface area contributed by atoms with Gasteiger partial charge in [0, 0.05) is 17.6 Å². The van der Waals surface area contributed by atoms with Gasteiger partial charge in [0.25, 0.3) is 0 Å². The van der Waals surface area contributed by atoms with Crippen molar-refractivity contribution in [1.82, 2.24) is 10.0 Å². The van der Waals surface area contributed by atoms with Crippen LogP contribution in [0.4, 0.5) is 4.79 Å². The Morgan fingerprint density at radius 3 is 2.41 bits per heavy atom. The van der Waals surface area contributed by atoms with Gasteiger partial charge in [-0.1, -0.05) is 15.9 Å². The molecule has 1 aromatic rings. The van der Waals surface area contributed by atoms with Crippen molar-refractivity contribution in [2.75, 3.05) is 13.1 Å². The maximum Gasteiger partial charge on any atom is 0.407 e. The predicted octanol–water partition coefficient (Wildman–Crippen LogP) is 2.56. The molecule has 0 aliphatic heterocycles. The number of hydrogen-bond donors (Lipinski definition) is 2. The SMILES string of the molecule is Cc1cc(Br)cc(S(=O)(=O)NCCNC(=O)OC(C)(C)C)c1. The number of aryl methyl sites for hydroxylation is 1. The van der Waals surface area contributed by atoms with Crippen LogP contribution in [-0.2, 0) is 14.8 Å². The molecule has 22 heavy (non-hydrogen) atoms. The molecule has 0 spiro atoms. The maximum atomic E-state index is 12.1. The van der Waals surface area contributed by atoms with E-state index in [1.165, 1.54) is 6.07 Å². The van der Waals surface area contributed by atoms with Crippen LogP contribution >= 0.6 is 15.9 Å².